The number of hydrogen-bond acceptors (Lipinski definition) is 3. The molecule has 0 saturated carbocycles. The first-order valence-electron chi connectivity index (χ1n) is 5.90. The Morgan fingerprint density at radius 2 is 1.95 bits per heavy atom. The number of benzene rings is 1. The molecule has 1 fully saturated rings. The zero-order valence-electron chi connectivity index (χ0n) is 10.4. The van der Waals surface area contributed by atoms with Crippen LogP contribution >= 0.6 is 11.6 Å². The van der Waals surface area contributed by atoms with Crippen molar-refractivity contribution in [2.45, 2.75) is 30.3 Å². The number of halogens is 2. The Balaban J connectivity index is 2.28. The van der Waals surface area contributed by atoms with Crippen LogP contribution in [0.3, 0.4) is 0 Å². The van der Waals surface area contributed by atoms with Gasteiger partial charge >= 0.3 is 0 Å². The van der Waals surface area contributed by atoms with E-state index in [1.165, 1.54) is 16.4 Å². The van der Waals surface area contributed by atoms with Crippen molar-refractivity contribution in [3.8, 4) is 0 Å². The van der Waals surface area contributed by atoms with E-state index < -0.39 is 21.4 Å². The van der Waals surface area contributed by atoms with Crippen molar-refractivity contribution in [2.24, 2.45) is 0 Å². The molecular weight excluding hydrogens is 293 g/mol. The number of aliphatic hydroxyl groups is 1. The molecule has 0 aromatic heterocycles. The smallest absolute Gasteiger partial charge is 0.245 e. The van der Waals surface area contributed by atoms with Gasteiger partial charge in [0.25, 0.3) is 0 Å². The summed E-state index contributed by atoms with van der Waals surface area (Å²) in [6.07, 6.45) is 0.670. The molecule has 1 heterocycles. The van der Waals surface area contributed by atoms with Crippen LogP contribution in [0.2, 0.25) is 5.02 Å². The molecule has 2 rings (SSSR count). The normalized spacial score (nSPS) is 20.4. The van der Waals surface area contributed by atoms with Crippen LogP contribution in [0.1, 0.15) is 19.8 Å². The van der Waals surface area contributed by atoms with E-state index in [9.17, 15) is 17.9 Å². The molecule has 0 aliphatic carbocycles. The van der Waals surface area contributed by atoms with Gasteiger partial charge in [0.1, 0.15) is 10.7 Å². The molecule has 106 valence electrons. The zero-order valence-corrected chi connectivity index (χ0v) is 12.0. The van der Waals surface area contributed by atoms with Crippen molar-refractivity contribution in [2.75, 3.05) is 13.1 Å². The van der Waals surface area contributed by atoms with Crippen LogP contribution < -0.4 is 0 Å². The second-order valence-corrected chi connectivity index (χ2v) is 7.32. The Labute approximate surface area is 116 Å². The van der Waals surface area contributed by atoms with E-state index >= 15 is 0 Å². The molecule has 1 aliphatic heterocycles. The SMILES string of the molecule is CC1(O)CCN(S(=O)(=O)c2ccc(Cl)cc2F)CC1. The van der Waals surface area contributed by atoms with Crippen molar-refractivity contribution < 1.29 is 17.9 Å². The molecule has 0 unspecified atom stereocenters. The molecule has 4 nitrogen and oxygen atoms in total. The van der Waals surface area contributed by atoms with E-state index in [4.69, 9.17) is 11.6 Å². The molecule has 0 radical (unpaired) electrons. The van der Waals surface area contributed by atoms with Gasteiger partial charge in [0.05, 0.1) is 5.60 Å². The summed E-state index contributed by atoms with van der Waals surface area (Å²) in [4.78, 5) is -0.376. The number of hydrogen-bond donors (Lipinski definition) is 1. The zero-order chi connectivity index (χ0) is 14.3. The Bertz CT molecular complexity index is 579. The minimum Gasteiger partial charge on any atom is -0.390 e. The molecule has 1 N–H and O–H groups in total. The molecule has 1 aliphatic rings. The molecule has 1 aromatic carbocycles. The summed E-state index contributed by atoms with van der Waals surface area (Å²) >= 11 is 5.61. The number of sulfonamides is 1. The lowest BCUT2D eigenvalue weighted by atomic mass is 9.95. The van der Waals surface area contributed by atoms with Gasteiger partial charge in [-0.05, 0) is 38.0 Å². The van der Waals surface area contributed by atoms with E-state index in [0.29, 0.717) is 12.8 Å². The summed E-state index contributed by atoms with van der Waals surface area (Å²) in [5, 5.41) is 9.96. The Hall–Kier alpha value is -0.690. The monoisotopic (exact) mass is 307 g/mol. The maximum Gasteiger partial charge on any atom is 0.245 e. The third-order valence-electron chi connectivity index (χ3n) is 3.31. The molecule has 0 spiro atoms. The van der Waals surface area contributed by atoms with Crippen LogP contribution in [0.4, 0.5) is 4.39 Å². The van der Waals surface area contributed by atoms with Gasteiger partial charge in [0.2, 0.25) is 10.0 Å². The number of nitrogens with zero attached hydrogens (tertiary/aromatic N) is 1. The van der Waals surface area contributed by atoms with Crippen molar-refractivity contribution in [1.29, 1.82) is 0 Å². The van der Waals surface area contributed by atoms with Crippen LogP contribution in [0, 0.1) is 5.82 Å². The summed E-state index contributed by atoms with van der Waals surface area (Å²) in [5.74, 6) is -0.857. The van der Waals surface area contributed by atoms with Gasteiger partial charge in [-0.15, -0.1) is 0 Å². The average molecular weight is 308 g/mol. The van der Waals surface area contributed by atoms with Gasteiger partial charge in [-0.25, -0.2) is 12.8 Å². The number of rotatable bonds is 2. The summed E-state index contributed by atoms with van der Waals surface area (Å²) in [6.45, 7) is 2.02. The Kier molecular flexibility index (Phi) is 3.88. The van der Waals surface area contributed by atoms with Gasteiger partial charge in [-0.2, -0.15) is 4.31 Å². The first kappa shape index (κ1) is 14.7. The van der Waals surface area contributed by atoms with Gasteiger partial charge < -0.3 is 5.11 Å². The van der Waals surface area contributed by atoms with Gasteiger partial charge in [-0.3, -0.25) is 0 Å². The molecule has 0 atom stereocenters. The molecule has 19 heavy (non-hydrogen) atoms. The van der Waals surface area contributed by atoms with Gasteiger partial charge in [0, 0.05) is 18.1 Å². The topological polar surface area (TPSA) is 57.6 Å². The molecule has 1 saturated heterocycles. The van der Waals surface area contributed by atoms with Gasteiger partial charge in [-0.1, -0.05) is 11.6 Å². The summed E-state index contributed by atoms with van der Waals surface area (Å²) < 4.78 is 39.5. The quantitative estimate of drug-likeness (QED) is 0.909. The lowest BCUT2D eigenvalue weighted by Gasteiger charge is -2.34. The fourth-order valence-corrected chi connectivity index (χ4v) is 3.68. The Morgan fingerprint density at radius 1 is 1.37 bits per heavy atom. The second kappa shape index (κ2) is 5.01. The van der Waals surface area contributed by atoms with Crippen LogP contribution in [0.25, 0.3) is 0 Å². The fourth-order valence-electron chi connectivity index (χ4n) is 2.03. The van der Waals surface area contributed by atoms with Crippen LogP contribution in [-0.2, 0) is 10.0 Å². The van der Waals surface area contributed by atoms with Crippen molar-refractivity contribution in [3.05, 3.63) is 29.0 Å². The summed E-state index contributed by atoms with van der Waals surface area (Å²) in [5.41, 5.74) is -0.857. The molecule has 1 aromatic rings. The van der Waals surface area contributed by atoms with Crippen LogP contribution in [-0.4, -0.2) is 36.5 Å². The molecule has 0 amide bonds. The second-order valence-electron chi connectivity index (χ2n) is 4.98. The largest absolute Gasteiger partial charge is 0.390 e. The average Bonchev–Trinajstić information content (AvgIpc) is 2.27. The third-order valence-corrected chi connectivity index (χ3v) is 5.48. The predicted molar refractivity (Wildman–Crippen MR) is 70.0 cm³/mol. The van der Waals surface area contributed by atoms with Crippen molar-refractivity contribution >= 4 is 21.6 Å². The highest BCUT2D eigenvalue weighted by atomic mass is 35.5. The fraction of sp³-hybridized carbons (Fsp3) is 0.500. The maximum absolute atomic E-state index is 13.7. The highest BCUT2D eigenvalue weighted by Gasteiger charge is 2.35. The Morgan fingerprint density at radius 3 is 2.47 bits per heavy atom. The molecule has 7 heteroatoms. The van der Waals surface area contributed by atoms with Crippen LogP contribution in [0.5, 0.6) is 0 Å². The predicted octanol–water partition coefficient (Wildman–Crippen LogP) is 2.01. The van der Waals surface area contributed by atoms with Crippen LogP contribution in [0.15, 0.2) is 23.1 Å². The summed E-state index contributed by atoms with van der Waals surface area (Å²) in [6, 6.07) is 3.49. The number of piperidine rings is 1. The lowest BCUT2D eigenvalue weighted by Crippen LogP contribution is -2.45. The van der Waals surface area contributed by atoms with E-state index in [-0.39, 0.29) is 23.0 Å². The van der Waals surface area contributed by atoms with E-state index in [1.807, 2.05) is 0 Å². The molecule has 0 bridgehead atoms. The van der Waals surface area contributed by atoms with Gasteiger partial charge in [0.15, 0.2) is 0 Å². The first-order valence-corrected chi connectivity index (χ1v) is 7.72. The van der Waals surface area contributed by atoms with Crippen molar-refractivity contribution in [3.63, 3.8) is 0 Å². The third kappa shape index (κ3) is 3.08. The standard InChI is InChI=1S/C12H15ClFNO3S/c1-12(16)4-6-15(7-5-12)19(17,18)11-3-2-9(13)8-10(11)14/h2-3,8,16H,4-7H2,1H3. The highest BCUT2D eigenvalue weighted by molar-refractivity contribution is 7.89. The maximum atomic E-state index is 13.7. The molecular formula is C12H15ClFNO3S. The van der Waals surface area contributed by atoms with E-state index in [1.54, 1.807) is 6.92 Å². The van der Waals surface area contributed by atoms with E-state index in [2.05, 4.69) is 0 Å². The minimum absolute atomic E-state index is 0.151. The summed E-state index contributed by atoms with van der Waals surface area (Å²) in [7, 11) is -3.87. The van der Waals surface area contributed by atoms with E-state index in [0.717, 1.165) is 6.07 Å². The lowest BCUT2D eigenvalue weighted by molar-refractivity contribution is 0.0126. The minimum atomic E-state index is -3.87. The first-order chi connectivity index (χ1) is 8.72. The van der Waals surface area contributed by atoms with Crippen molar-refractivity contribution in [1.82, 2.24) is 4.31 Å². The highest BCUT2D eigenvalue weighted by Crippen LogP contribution is 2.28.